The summed E-state index contributed by atoms with van der Waals surface area (Å²) in [7, 11) is 0. The molecule has 1 aliphatic rings. The molecule has 2 rings (SSSR count). The highest BCUT2D eigenvalue weighted by atomic mass is 14.7. The van der Waals surface area contributed by atoms with Crippen LogP contribution in [-0.4, -0.2) is 4.98 Å². The van der Waals surface area contributed by atoms with E-state index in [1.807, 2.05) is 18.2 Å². The van der Waals surface area contributed by atoms with Crippen molar-refractivity contribution >= 4 is 5.57 Å². The normalized spacial score (nSPS) is 16.8. The molecule has 0 radical (unpaired) electrons. The highest BCUT2D eigenvalue weighted by Gasteiger charge is 2.06. The second kappa shape index (κ2) is 1.87. The van der Waals surface area contributed by atoms with Crippen LogP contribution in [0.4, 0.5) is 0 Å². The van der Waals surface area contributed by atoms with Gasteiger partial charge in [0, 0.05) is 23.9 Å². The van der Waals surface area contributed by atoms with Crippen molar-refractivity contribution in [2.75, 3.05) is 0 Å². The Kier molecular flexibility index (Phi) is 0.853. The van der Waals surface area contributed by atoms with Crippen LogP contribution < -0.4 is 0 Å². The lowest BCUT2D eigenvalue weighted by atomic mass is 10.0. The van der Waals surface area contributed by atoms with E-state index < -0.39 is 0 Å². The van der Waals surface area contributed by atoms with Crippen molar-refractivity contribution in [3.8, 4) is 0 Å². The molecule has 1 heteroatoms. The number of fused-ring (bicyclic) bond motifs is 1. The molecule has 0 saturated carbocycles. The fourth-order valence-corrected chi connectivity index (χ4v) is 1.23. The monoisotopic (exact) mass is 132 g/mol. The van der Waals surface area contributed by atoms with E-state index in [1.165, 1.54) is 4.98 Å². The van der Waals surface area contributed by atoms with Gasteiger partial charge < -0.3 is 4.98 Å². The van der Waals surface area contributed by atoms with Gasteiger partial charge in [0.15, 0.2) is 1.41 Å². The highest BCUT2D eigenvalue weighted by Crippen LogP contribution is 2.22. The van der Waals surface area contributed by atoms with Gasteiger partial charge in [-0.3, -0.25) is 0 Å². The summed E-state index contributed by atoms with van der Waals surface area (Å²) in [6, 6.07) is 1.94. The van der Waals surface area contributed by atoms with Crippen LogP contribution in [0.5, 0.6) is 0 Å². The summed E-state index contributed by atoms with van der Waals surface area (Å²) in [4.78, 5) is 1.41. The van der Waals surface area contributed by atoms with Gasteiger partial charge in [0.2, 0.25) is 0 Å². The van der Waals surface area contributed by atoms with E-state index in [2.05, 4.69) is 6.58 Å². The minimum Gasteiger partial charge on any atom is -0.364 e. The predicted octanol–water partition coefficient (Wildman–Crippen LogP) is 2.14. The molecule has 0 unspecified atom stereocenters. The number of nitrogens with one attached hydrogen (secondary N) is 1. The van der Waals surface area contributed by atoms with Crippen molar-refractivity contribution in [1.82, 2.24) is 4.98 Å². The molecule has 1 aliphatic carbocycles. The van der Waals surface area contributed by atoms with Crippen molar-refractivity contribution in [2.45, 2.75) is 6.42 Å². The molecule has 1 aromatic heterocycles. The SMILES string of the molecule is [2H]n1ccc2c1CC=CC2=C. The smallest absolute Gasteiger partial charge is 0.166 e. The summed E-state index contributed by atoms with van der Waals surface area (Å²) in [5, 5.41) is 0. The molecule has 0 aliphatic heterocycles. The number of allylic oxidation sites excluding steroid dienone is 3. The van der Waals surface area contributed by atoms with Gasteiger partial charge in [0.1, 0.15) is 0 Å². The summed E-state index contributed by atoms with van der Waals surface area (Å²) >= 11 is 0. The van der Waals surface area contributed by atoms with Crippen LogP contribution in [0.2, 0.25) is 1.41 Å². The Morgan fingerprint density at radius 3 is 3.40 bits per heavy atom. The molecular weight excluding hydrogens is 122 g/mol. The second-order valence-electron chi connectivity index (χ2n) is 2.44. The quantitative estimate of drug-likeness (QED) is 0.556. The molecule has 0 aromatic carbocycles. The van der Waals surface area contributed by atoms with Crippen molar-refractivity contribution in [1.29, 1.82) is 0 Å². The van der Waals surface area contributed by atoms with Gasteiger partial charge in [0.25, 0.3) is 0 Å². The van der Waals surface area contributed by atoms with Gasteiger partial charge in [-0.2, -0.15) is 0 Å². The average Bonchev–Trinajstić information content (AvgIpc) is 2.35. The van der Waals surface area contributed by atoms with Crippen LogP contribution in [0.25, 0.3) is 5.57 Å². The maximum absolute atomic E-state index is 7.46. The third-order valence-electron chi connectivity index (χ3n) is 1.76. The summed E-state index contributed by atoms with van der Waals surface area (Å²) in [5.74, 6) is 0. The summed E-state index contributed by atoms with van der Waals surface area (Å²) in [6.07, 6.45) is 6.64. The van der Waals surface area contributed by atoms with Crippen LogP contribution in [-0.2, 0) is 6.42 Å². The first-order chi connectivity index (χ1) is 5.29. The fourth-order valence-electron chi connectivity index (χ4n) is 1.23. The highest BCUT2D eigenvalue weighted by molar-refractivity contribution is 5.75. The van der Waals surface area contributed by atoms with E-state index in [0.717, 1.165) is 23.3 Å². The molecule has 0 amide bonds. The van der Waals surface area contributed by atoms with Gasteiger partial charge in [-0.25, -0.2) is 0 Å². The Hall–Kier alpha value is -1.24. The van der Waals surface area contributed by atoms with Gasteiger partial charge in [0.05, 0.1) is 0 Å². The molecule has 1 heterocycles. The molecule has 1 N–H and O–H groups in total. The molecular formula is C9H9N. The lowest BCUT2D eigenvalue weighted by Crippen LogP contribution is -1.91. The Morgan fingerprint density at radius 1 is 1.70 bits per heavy atom. The van der Waals surface area contributed by atoms with Crippen molar-refractivity contribution < 1.29 is 1.41 Å². The van der Waals surface area contributed by atoms with E-state index >= 15 is 0 Å². The average molecular weight is 132 g/mol. The maximum Gasteiger partial charge on any atom is 0.166 e. The summed E-state index contributed by atoms with van der Waals surface area (Å²) < 4.78 is 7.46. The van der Waals surface area contributed by atoms with E-state index in [9.17, 15) is 0 Å². The van der Waals surface area contributed by atoms with E-state index in [4.69, 9.17) is 1.41 Å². The Balaban J connectivity index is 2.61. The van der Waals surface area contributed by atoms with E-state index in [-0.39, 0.29) is 0 Å². The molecule has 0 atom stereocenters. The fraction of sp³-hybridized carbons (Fsp3) is 0.111. The first-order valence-electron chi connectivity index (χ1n) is 3.79. The van der Waals surface area contributed by atoms with Crippen LogP contribution in [0, 0.1) is 0 Å². The number of hydrogen-bond donors (Lipinski definition) is 1. The Labute approximate surface area is 61.5 Å². The Morgan fingerprint density at radius 2 is 2.60 bits per heavy atom. The molecule has 50 valence electrons. The number of hydrogen-bond acceptors (Lipinski definition) is 0. The molecule has 0 bridgehead atoms. The maximum atomic E-state index is 7.46. The van der Waals surface area contributed by atoms with Crippen LogP contribution in [0.1, 0.15) is 11.3 Å². The first kappa shape index (κ1) is 4.56. The number of aromatic amines is 1. The third kappa shape index (κ3) is 0.637. The minimum atomic E-state index is 0.852. The van der Waals surface area contributed by atoms with Crippen LogP contribution in [0.15, 0.2) is 31.0 Å². The van der Waals surface area contributed by atoms with E-state index in [0.29, 0.717) is 0 Å². The molecule has 0 spiro atoms. The lowest BCUT2D eigenvalue weighted by Gasteiger charge is -2.05. The number of H-pyrrole nitrogens is 1. The summed E-state index contributed by atoms with van der Waals surface area (Å²) in [6.45, 7) is 3.89. The standard InChI is InChI=1S/C9H9N/c1-7-3-2-4-9-8(7)5-6-10-9/h2-3,5-6,10H,1,4H2/i/hD. The molecule has 0 saturated heterocycles. The third-order valence-corrected chi connectivity index (χ3v) is 1.76. The van der Waals surface area contributed by atoms with Crippen molar-refractivity contribution in [2.24, 2.45) is 0 Å². The topological polar surface area (TPSA) is 15.8 Å². The van der Waals surface area contributed by atoms with Crippen molar-refractivity contribution in [3.63, 3.8) is 0 Å². The Bertz CT molecular complexity index is 333. The summed E-state index contributed by atoms with van der Waals surface area (Å²) in [5.41, 5.74) is 3.16. The van der Waals surface area contributed by atoms with Gasteiger partial charge in [-0.05, 0) is 11.6 Å². The van der Waals surface area contributed by atoms with Gasteiger partial charge in [-0.15, -0.1) is 0 Å². The zero-order valence-electron chi connectivity index (χ0n) is 6.67. The second-order valence-corrected chi connectivity index (χ2v) is 2.44. The first-order valence-corrected chi connectivity index (χ1v) is 3.34. The molecule has 10 heavy (non-hydrogen) atoms. The molecule has 1 aromatic rings. The minimum absolute atomic E-state index is 0.852. The largest absolute Gasteiger partial charge is 0.364 e. The molecule has 1 nitrogen and oxygen atoms in total. The number of rotatable bonds is 0. The van der Waals surface area contributed by atoms with Crippen molar-refractivity contribution in [3.05, 3.63) is 42.3 Å². The molecule has 0 fully saturated rings. The van der Waals surface area contributed by atoms with Gasteiger partial charge >= 0.3 is 0 Å². The van der Waals surface area contributed by atoms with E-state index in [1.54, 1.807) is 6.20 Å². The van der Waals surface area contributed by atoms with Crippen LogP contribution >= 0.6 is 0 Å². The lowest BCUT2D eigenvalue weighted by molar-refractivity contribution is 1.13. The zero-order valence-corrected chi connectivity index (χ0v) is 5.67. The number of aromatic nitrogens is 1. The van der Waals surface area contributed by atoms with Crippen LogP contribution in [0.3, 0.4) is 0 Å². The van der Waals surface area contributed by atoms with Gasteiger partial charge in [-0.1, -0.05) is 18.7 Å². The predicted molar refractivity (Wildman–Crippen MR) is 42.7 cm³/mol. The zero-order chi connectivity index (χ0) is 7.84.